The van der Waals surface area contributed by atoms with Crippen molar-refractivity contribution in [3.05, 3.63) is 96.1 Å². The van der Waals surface area contributed by atoms with Crippen LogP contribution in [0.5, 0.6) is 23.0 Å². The van der Waals surface area contributed by atoms with Crippen LogP contribution in [0.3, 0.4) is 0 Å². The SMILES string of the molecule is NC=O.ONCc1ccc(Oc2ccc3ccc(Oc4ccc(CNO)cc4)cc3c2)cc1. The molecular weight excluding hydrogens is 422 g/mol. The molecule has 8 heteroatoms. The second kappa shape index (κ2) is 12.2. The van der Waals surface area contributed by atoms with E-state index in [4.69, 9.17) is 24.7 Å². The molecule has 0 bridgehead atoms. The Kier molecular flexibility index (Phi) is 8.75. The topological polar surface area (TPSA) is 126 Å². The van der Waals surface area contributed by atoms with Gasteiger partial charge >= 0.3 is 0 Å². The first-order valence-electron chi connectivity index (χ1n) is 10.1. The minimum absolute atomic E-state index is 0.250. The highest BCUT2D eigenvalue weighted by molar-refractivity contribution is 5.85. The second-order valence-electron chi connectivity index (χ2n) is 6.97. The van der Waals surface area contributed by atoms with Gasteiger partial charge in [0.05, 0.1) is 0 Å². The molecule has 0 atom stereocenters. The fraction of sp³-hybridized carbons (Fsp3) is 0.0800. The van der Waals surface area contributed by atoms with Crippen LogP contribution in [0.4, 0.5) is 0 Å². The third-order valence-electron chi connectivity index (χ3n) is 4.67. The van der Waals surface area contributed by atoms with Crippen molar-refractivity contribution in [3.8, 4) is 23.0 Å². The number of nitrogens with one attached hydrogen (secondary N) is 2. The number of hydroxylamine groups is 2. The predicted molar refractivity (Wildman–Crippen MR) is 124 cm³/mol. The van der Waals surface area contributed by atoms with E-state index in [-0.39, 0.29) is 6.41 Å². The van der Waals surface area contributed by atoms with E-state index in [0.29, 0.717) is 13.1 Å². The zero-order valence-electron chi connectivity index (χ0n) is 17.8. The number of carbonyl (C=O) groups excluding carboxylic acids is 1. The highest BCUT2D eigenvalue weighted by atomic mass is 16.5. The Labute approximate surface area is 191 Å². The summed E-state index contributed by atoms with van der Waals surface area (Å²) in [7, 11) is 0. The van der Waals surface area contributed by atoms with Crippen molar-refractivity contribution in [2.45, 2.75) is 13.1 Å². The molecule has 0 radical (unpaired) electrons. The largest absolute Gasteiger partial charge is 0.457 e. The van der Waals surface area contributed by atoms with E-state index in [9.17, 15) is 0 Å². The Balaban J connectivity index is 0.000000968. The fourth-order valence-electron chi connectivity index (χ4n) is 3.14. The molecule has 0 saturated carbocycles. The summed E-state index contributed by atoms with van der Waals surface area (Å²) in [4.78, 5) is 8.58. The monoisotopic (exact) mass is 447 g/mol. The predicted octanol–water partition coefficient (Wildman–Crippen LogP) is 4.48. The van der Waals surface area contributed by atoms with Gasteiger partial charge < -0.3 is 25.6 Å². The highest BCUT2D eigenvalue weighted by Crippen LogP contribution is 2.30. The second-order valence-corrected chi connectivity index (χ2v) is 6.97. The number of fused-ring (bicyclic) bond motifs is 1. The highest BCUT2D eigenvalue weighted by Gasteiger charge is 2.04. The number of hydrogen-bond donors (Lipinski definition) is 5. The van der Waals surface area contributed by atoms with Crippen LogP contribution in [0.25, 0.3) is 10.8 Å². The van der Waals surface area contributed by atoms with Crippen LogP contribution >= 0.6 is 0 Å². The fourth-order valence-corrected chi connectivity index (χ4v) is 3.14. The summed E-state index contributed by atoms with van der Waals surface area (Å²) < 4.78 is 11.9. The van der Waals surface area contributed by atoms with Gasteiger partial charge in [0.25, 0.3) is 0 Å². The molecule has 4 rings (SSSR count). The molecule has 6 N–H and O–H groups in total. The van der Waals surface area contributed by atoms with Crippen molar-refractivity contribution in [2.75, 3.05) is 0 Å². The quantitative estimate of drug-likeness (QED) is 0.199. The normalized spacial score (nSPS) is 10.2. The maximum atomic E-state index is 8.77. The molecule has 0 aromatic heterocycles. The molecule has 0 fully saturated rings. The van der Waals surface area contributed by atoms with Gasteiger partial charge in [-0.15, -0.1) is 0 Å². The molecule has 0 spiro atoms. The van der Waals surface area contributed by atoms with Crippen LogP contribution in [-0.4, -0.2) is 16.8 Å². The Morgan fingerprint density at radius 3 is 1.36 bits per heavy atom. The molecule has 33 heavy (non-hydrogen) atoms. The van der Waals surface area contributed by atoms with Gasteiger partial charge in [-0.1, -0.05) is 36.4 Å². The van der Waals surface area contributed by atoms with Gasteiger partial charge in [0, 0.05) is 13.1 Å². The maximum Gasteiger partial charge on any atom is 0.204 e. The van der Waals surface area contributed by atoms with E-state index in [1.807, 2.05) is 84.9 Å². The average molecular weight is 447 g/mol. The van der Waals surface area contributed by atoms with Gasteiger partial charge in [0.15, 0.2) is 0 Å². The molecule has 0 aliphatic heterocycles. The minimum Gasteiger partial charge on any atom is -0.457 e. The van der Waals surface area contributed by atoms with Crippen LogP contribution in [0.15, 0.2) is 84.9 Å². The summed E-state index contributed by atoms with van der Waals surface area (Å²) in [6, 6.07) is 26.9. The molecule has 8 nitrogen and oxygen atoms in total. The number of rotatable bonds is 8. The molecule has 1 amide bonds. The van der Waals surface area contributed by atoms with Crippen molar-refractivity contribution in [3.63, 3.8) is 0 Å². The first-order valence-corrected chi connectivity index (χ1v) is 10.1. The molecule has 0 unspecified atom stereocenters. The third kappa shape index (κ3) is 7.03. The van der Waals surface area contributed by atoms with Crippen LogP contribution in [0, 0.1) is 0 Å². The van der Waals surface area contributed by atoms with Crippen molar-refractivity contribution in [1.29, 1.82) is 0 Å². The van der Waals surface area contributed by atoms with E-state index in [0.717, 1.165) is 44.9 Å². The molecule has 0 heterocycles. The molecule has 0 aliphatic carbocycles. The molecule has 4 aromatic rings. The van der Waals surface area contributed by atoms with E-state index in [1.165, 1.54) is 0 Å². The zero-order valence-corrected chi connectivity index (χ0v) is 17.8. The van der Waals surface area contributed by atoms with Crippen molar-refractivity contribution < 1.29 is 24.7 Å². The number of carbonyl (C=O) groups is 1. The summed E-state index contributed by atoms with van der Waals surface area (Å²) >= 11 is 0. The number of nitrogens with two attached hydrogens (primary N) is 1. The Morgan fingerprint density at radius 2 is 1.00 bits per heavy atom. The maximum absolute atomic E-state index is 8.77. The first-order chi connectivity index (χ1) is 16.1. The van der Waals surface area contributed by atoms with Gasteiger partial charge in [0.2, 0.25) is 6.41 Å². The Hall–Kier alpha value is -3.95. The number of ether oxygens (including phenoxy) is 2. The Morgan fingerprint density at radius 1 is 0.636 bits per heavy atom. The summed E-state index contributed by atoms with van der Waals surface area (Å²) in [6.45, 7) is 0.778. The van der Waals surface area contributed by atoms with Crippen molar-refractivity contribution >= 4 is 17.2 Å². The standard InChI is InChI=1S/C24H22N2O4.CH3NO/c27-25-15-17-1-7-21(8-2-17)29-23-11-5-19-6-12-24(14-20(19)13-23)30-22-9-3-18(4-10-22)16-26-28;2-1-3/h1-14,25-28H,15-16H2;1H,(H2,2,3). The van der Waals surface area contributed by atoms with Crippen LogP contribution in [0.2, 0.25) is 0 Å². The van der Waals surface area contributed by atoms with Crippen LogP contribution in [-0.2, 0) is 17.9 Å². The van der Waals surface area contributed by atoms with Gasteiger partial charge in [-0.3, -0.25) is 4.79 Å². The van der Waals surface area contributed by atoms with Crippen molar-refractivity contribution in [1.82, 2.24) is 11.0 Å². The first kappa shape index (κ1) is 23.7. The zero-order chi connectivity index (χ0) is 23.5. The number of primary amides is 1. The summed E-state index contributed by atoms with van der Waals surface area (Å²) in [5, 5.41) is 19.6. The number of amides is 1. The van der Waals surface area contributed by atoms with Crippen LogP contribution in [0.1, 0.15) is 11.1 Å². The van der Waals surface area contributed by atoms with E-state index in [1.54, 1.807) is 0 Å². The molecule has 0 aliphatic rings. The summed E-state index contributed by atoms with van der Waals surface area (Å²) in [5.41, 5.74) is 10.4. The summed E-state index contributed by atoms with van der Waals surface area (Å²) in [6.07, 6.45) is 0.250. The Bertz CT molecular complexity index is 1080. The van der Waals surface area contributed by atoms with Gasteiger partial charge in [-0.05, 0) is 70.4 Å². The van der Waals surface area contributed by atoms with Gasteiger partial charge in [-0.25, -0.2) is 11.0 Å². The van der Waals surface area contributed by atoms with E-state index in [2.05, 4.69) is 16.7 Å². The summed E-state index contributed by atoms with van der Waals surface area (Å²) in [5.74, 6) is 2.91. The van der Waals surface area contributed by atoms with E-state index < -0.39 is 0 Å². The smallest absolute Gasteiger partial charge is 0.204 e. The van der Waals surface area contributed by atoms with Crippen molar-refractivity contribution in [2.24, 2.45) is 5.73 Å². The van der Waals surface area contributed by atoms with E-state index >= 15 is 0 Å². The average Bonchev–Trinajstić information content (AvgIpc) is 2.82. The molecule has 4 aromatic carbocycles. The third-order valence-corrected chi connectivity index (χ3v) is 4.67. The number of benzene rings is 4. The van der Waals surface area contributed by atoms with Gasteiger partial charge in [-0.2, -0.15) is 0 Å². The lowest BCUT2D eigenvalue weighted by Gasteiger charge is -2.10. The van der Waals surface area contributed by atoms with Crippen LogP contribution < -0.4 is 26.2 Å². The minimum atomic E-state index is 0.250. The lowest BCUT2D eigenvalue weighted by Crippen LogP contribution is -2.05. The molecule has 0 saturated heterocycles. The molecule has 170 valence electrons. The lowest BCUT2D eigenvalue weighted by atomic mass is 10.1. The van der Waals surface area contributed by atoms with Gasteiger partial charge in [0.1, 0.15) is 23.0 Å². The lowest BCUT2D eigenvalue weighted by molar-refractivity contribution is -0.106. The number of hydrogen-bond acceptors (Lipinski definition) is 7. The molecular formula is C25H25N3O5.